The van der Waals surface area contributed by atoms with Crippen molar-refractivity contribution in [1.29, 1.82) is 0 Å². The molecule has 1 aliphatic heterocycles. The molecule has 0 saturated carbocycles. The molecule has 6 heteroatoms. The normalized spacial score (nSPS) is 17.5. The molecule has 23 heavy (non-hydrogen) atoms. The summed E-state index contributed by atoms with van der Waals surface area (Å²) in [6, 6.07) is 4.98. The zero-order valence-electron chi connectivity index (χ0n) is 14.0. The molecule has 0 spiro atoms. The third-order valence-electron chi connectivity index (χ3n) is 4.64. The third kappa shape index (κ3) is 3.95. The second kappa shape index (κ2) is 7.66. The van der Waals surface area contributed by atoms with Gasteiger partial charge in [-0.1, -0.05) is 18.2 Å². The summed E-state index contributed by atoms with van der Waals surface area (Å²) in [6.07, 6.45) is 9.20. The molecule has 0 aromatic carbocycles. The highest BCUT2D eigenvalue weighted by Gasteiger charge is 2.19. The van der Waals surface area contributed by atoms with Gasteiger partial charge in [-0.05, 0) is 51.0 Å². The van der Waals surface area contributed by atoms with Crippen molar-refractivity contribution in [3.8, 4) is 0 Å². The van der Waals surface area contributed by atoms with Crippen LogP contribution in [0, 0.1) is 0 Å². The van der Waals surface area contributed by atoms with E-state index < -0.39 is 0 Å². The molecule has 1 atom stereocenters. The molecule has 1 N–H and O–H groups in total. The number of aromatic nitrogens is 4. The van der Waals surface area contributed by atoms with Crippen LogP contribution in [0.2, 0.25) is 0 Å². The minimum atomic E-state index is 0.354. The monoisotopic (exact) mass is 314 g/mol. The van der Waals surface area contributed by atoms with Crippen molar-refractivity contribution in [2.75, 3.05) is 20.1 Å². The van der Waals surface area contributed by atoms with Crippen LogP contribution in [0.4, 0.5) is 0 Å². The molecular formula is C17H26N6. The first kappa shape index (κ1) is 16.1. The average Bonchev–Trinajstić information content (AvgIpc) is 3.06. The SMILES string of the molecule is CC[C@@H](c1cccnc1)N(C)Cc1cn(C2CCNCC2)nn1. The van der Waals surface area contributed by atoms with Gasteiger partial charge in [0, 0.05) is 25.0 Å². The molecule has 0 aliphatic carbocycles. The molecule has 1 aliphatic rings. The van der Waals surface area contributed by atoms with Crippen LogP contribution in [0.5, 0.6) is 0 Å². The predicted molar refractivity (Wildman–Crippen MR) is 89.9 cm³/mol. The molecule has 0 bridgehead atoms. The molecule has 124 valence electrons. The van der Waals surface area contributed by atoms with Crippen LogP contribution in [0.1, 0.15) is 49.5 Å². The number of hydrogen-bond donors (Lipinski definition) is 1. The Morgan fingerprint density at radius 2 is 2.22 bits per heavy atom. The van der Waals surface area contributed by atoms with Crippen LogP contribution in [0.25, 0.3) is 0 Å². The van der Waals surface area contributed by atoms with Gasteiger partial charge in [-0.15, -0.1) is 5.10 Å². The lowest BCUT2D eigenvalue weighted by Gasteiger charge is -2.26. The zero-order valence-corrected chi connectivity index (χ0v) is 14.0. The maximum absolute atomic E-state index is 4.38. The largest absolute Gasteiger partial charge is 0.317 e. The van der Waals surface area contributed by atoms with Gasteiger partial charge in [-0.2, -0.15) is 0 Å². The first-order valence-electron chi connectivity index (χ1n) is 8.49. The molecule has 0 amide bonds. The topological polar surface area (TPSA) is 58.9 Å². The van der Waals surface area contributed by atoms with Gasteiger partial charge in [0.05, 0.1) is 17.9 Å². The van der Waals surface area contributed by atoms with Crippen LogP contribution in [-0.4, -0.2) is 45.0 Å². The fraction of sp³-hybridized carbons (Fsp3) is 0.588. The van der Waals surface area contributed by atoms with E-state index >= 15 is 0 Å². The Balaban J connectivity index is 1.65. The highest BCUT2D eigenvalue weighted by Crippen LogP contribution is 2.24. The van der Waals surface area contributed by atoms with Crippen molar-refractivity contribution in [3.63, 3.8) is 0 Å². The second-order valence-electron chi connectivity index (χ2n) is 6.30. The Morgan fingerprint density at radius 1 is 1.39 bits per heavy atom. The van der Waals surface area contributed by atoms with Crippen LogP contribution < -0.4 is 5.32 Å². The van der Waals surface area contributed by atoms with Crippen LogP contribution >= 0.6 is 0 Å². The van der Waals surface area contributed by atoms with Crippen molar-refractivity contribution >= 4 is 0 Å². The summed E-state index contributed by atoms with van der Waals surface area (Å²) in [5.41, 5.74) is 2.29. The van der Waals surface area contributed by atoms with E-state index in [1.54, 1.807) is 0 Å². The summed E-state index contributed by atoms with van der Waals surface area (Å²) >= 11 is 0. The lowest BCUT2D eigenvalue weighted by atomic mass is 10.1. The minimum Gasteiger partial charge on any atom is -0.317 e. The van der Waals surface area contributed by atoms with Gasteiger partial charge in [-0.25, -0.2) is 4.68 Å². The van der Waals surface area contributed by atoms with E-state index in [1.165, 1.54) is 5.56 Å². The fourth-order valence-electron chi connectivity index (χ4n) is 3.38. The second-order valence-corrected chi connectivity index (χ2v) is 6.30. The molecule has 3 heterocycles. The maximum atomic E-state index is 4.38. The summed E-state index contributed by atoms with van der Waals surface area (Å²) in [5, 5.41) is 12.1. The minimum absolute atomic E-state index is 0.354. The third-order valence-corrected chi connectivity index (χ3v) is 4.64. The van der Waals surface area contributed by atoms with Crippen molar-refractivity contribution in [2.45, 2.75) is 44.8 Å². The Morgan fingerprint density at radius 3 is 2.91 bits per heavy atom. The summed E-state index contributed by atoms with van der Waals surface area (Å²) in [4.78, 5) is 6.57. The number of hydrogen-bond acceptors (Lipinski definition) is 5. The predicted octanol–water partition coefficient (Wildman–Crippen LogP) is 2.18. The summed E-state index contributed by atoms with van der Waals surface area (Å²) in [7, 11) is 2.14. The van der Waals surface area contributed by atoms with Gasteiger partial charge >= 0.3 is 0 Å². The van der Waals surface area contributed by atoms with E-state index in [4.69, 9.17) is 0 Å². The quantitative estimate of drug-likeness (QED) is 0.885. The molecule has 0 radical (unpaired) electrons. The molecular weight excluding hydrogens is 288 g/mol. The molecule has 1 saturated heterocycles. The van der Waals surface area contributed by atoms with Crippen molar-refractivity contribution in [2.24, 2.45) is 0 Å². The van der Waals surface area contributed by atoms with Crippen LogP contribution in [0.15, 0.2) is 30.7 Å². The van der Waals surface area contributed by atoms with Crippen LogP contribution in [0.3, 0.4) is 0 Å². The summed E-state index contributed by atoms with van der Waals surface area (Å²) < 4.78 is 2.05. The van der Waals surface area contributed by atoms with Gasteiger partial charge in [-0.3, -0.25) is 9.88 Å². The number of piperidine rings is 1. The number of rotatable bonds is 6. The average molecular weight is 314 g/mol. The standard InChI is InChI=1S/C17H26N6/c1-3-17(14-5-4-8-19-11-14)22(2)12-15-13-23(21-20-15)16-6-9-18-10-7-16/h4-5,8,11,13,16-18H,3,6-7,9-10,12H2,1-2H3/t17-/m0/s1. The highest BCUT2D eigenvalue weighted by atomic mass is 15.4. The summed E-state index contributed by atoms with van der Waals surface area (Å²) in [5.74, 6) is 0. The highest BCUT2D eigenvalue weighted by molar-refractivity contribution is 5.14. The van der Waals surface area contributed by atoms with E-state index in [1.807, 2.05) is 18.5 Å². The Hall–Kier alpha value is -1.79. The van der Waals surface area contributed by atoms with Gasteiger partial charge in [0.2, 0.25) is 0 Å². The van der Waals surface area contributed by atoms with Crippen molar-refractivity contribution in [3.05, 3.63) is 42.0 Å². The summed E-state index contributed by atoms with van der Waals surface area (Å²) in [6.45, 7) is 5.15. The zero-order chi connectivity index (χ0) is 16.1. The number of nitrogens with zero attached hydrogens (tertiary/aromatic N) is 5. The first-order chi connectivity index (χ1) is 11.3. The number of pyridine rings is 1. The van der Waals surface area contributed by atoms with E-state index in [9.17, 15) is 0 Å². The van der Waals surface area contributed by atoms with Gasteiger partial charge in [0.1, 0.15) is 0 Å². The van der Waals surface area contributed by atoms with Gasteiger partial charge in [0.25, 0.3) is 0 Å². The van der Waals surface area contributed by atoms with E-state index in [0.717, 1.165) is 44.6 Å². The van der Waals surface area contributed by atoms with E-state index in [-0.39, 0.29) is 0 Å². The molecule has 2 aromatic heterocycles. The molecule has 2 aromatic rings. The Labute approximate surface area is 137 Å². The van der Waals surface area contributed by atoms with Gasteiger partial charge < -0.3 is 5.32 Å². The van der Waals surface area contributed by atoms with Crippen LogP contribution in [-0.2, 0) is 6.54 Å². The smallest absolute Gasteiger partial charge is 0.0967 e. The fourth-order valence-corrected chi connectivity index (χ4v) is 3.38. The first-order valence-corrected chi connectivity index (χ1v) is 8.49. The van der Waals surface area contributed by atoms with Crippen molar-refractivity contribution < 1.29 is 0 Å². The van der Waals surface area contributed by atoms with Crippen molar-refractivity contribution in [1.82, 2.24) is 30.2 Å². The van der Waals surface area contributed by atoms with E-state index in [2.05, 4.69) is 56.4 Å². The Kier molecular flexibility index (Phi) is 5.35. The lowest BCUT2D eigenvalue weighted by Crippen LogP contribution is -2.29. The molecule has 0 unspecified atom stereocenters. The molecule has 1 fully saturated rings. The number of nitrogens with one attached hydrogen (secondary N) is 1. The van der Waals surface area contributed by atoms with E-state index in [0.29, 0.717) is 12.1 Å². The molecule has 6 nitrogen and oxygen atoms in total. The Bertz CT molecular complexity index is 590. The van der Waals surface area contributed by atoms with Gasteiger partial charge in [0.15, 0.2) is 0 Å². The lowest BCUT2D eigenvalue weighted by molar-refractivity contribution is 0.227. The molecule has 3 rings (SSSR count). The maximum Gasteiger partial charge on any atom is 0.0967 e.